The molecular formula is C14H21N3O3. The van der Waals surface area contributed by atoms with Crippen LogP contribution < -0.4 is 5.32 Å². The lowest BCUT2D eigenvalue weighted by atomic mass is 10.2. The molecule has 0 aromatic carbocycles. The third-order valence-corrected chi connectivity index (χ3v) is 2.87. The fourth-order valence-electron chi connectivity index (χ4n) is 1.81. The molecule has 2 amide bonds. The molecule has 1 rings (SSSR count). The van der Waals surface area contributed by atoms with Crippen molar-refractivity contribution in [3.8, 4) is 0 Å². The maximum absolute atomic E-state index is 11.9. The summed E-state index contributed by atoms with van der Waals surface area (Å²) in [5, 5.41) is 11.5. The molecule has 0 radical (unpaired) electrons. The van der Waals surface area contributed by atoms with Crippen molar-refractivity contribution in [2.24, 2.45) is 0 Å². The zero-order valence-electron chi connectivity index (χ0n) is 12.1. The zero-order valence-corrected chi connectivity index (χ0v) is 12.1. The summed E-state index contributed by atoms with van der Waals surface area (Å²) in [5.41, 5.74) is 1.65. The molecule has 0 saturated carbocycles. The molecule has 110 valence electrons. The Bertz CT molecular complexity index is 476. The first kappa shape index (κ1) is 15.9. The van der Waals surface area contributed by atoms with Crippen LogP contribution >= 0.6 is 0 Å². The topological polar surface area (TPSA) is 82.5 Å². The Balaban J connectivity index is 2.60. The van der Waals surface area contributed by atoms with Crippen LogP contribution in [-0.2, 0) is 11.3 Å². The minimum absolute atomic E-state index is 0.339. The van der Waals surface area contributed by atoms with E-state index in [2.05, 4.69) is 10.3 Å². The third-order valence-electron chi connectivity index (χ3n) is 2.87. The maximum atomic E-state index is 11.9. The quantitative estimate of drug-likeness (QED) is 0.831. The van der Waals surface area contributed by atoms with Crippen LogP contribution in [0.4, 0.5) is 4.79 Å². The van der Waals surface area contributed by atoms with E-state index in [1.54, 1.807) is 7.05 Å². The molecule has 1 atom stereocenters. The fraction of sp³-hybridized carbons (Fsp3) is 0.500. The number of hydrogen-bond donors (Lipinski definition) is 2. The van der Waals surface area contributed by atoms with Crippen molar-refractivity contribution in [3.63, 3.8) is 0 Å². The number of urea groups is 1. The molecule has 0 aliphatic rings. The number of carbonyl (C=O) groups is 2. The van der Waals surface area contributed by atoms with E-state index in [1.807, 2.05) is 32.0 Å². The van der Waals surface area contributed by atoms with E-state index in [0.717, 1.165) is 11.4 Å². The van der Waals surface area contributed by atoms with Crippen molar-refractivity contribution in [3.05, 3.63) is 29.6 Å². The first-order valence-electron chi connectivity index (χ1n) is 6.61. The number of rotatable bonds is 6. The van der Waals surface area contributed by atoms with Gasteiger partial charge >= 0.3 is 12.0 Å². The lowest BCUT2D eigenvalue weighted by Gasteiger charge is -2.21. The summed E-state index contributed by atoms with van der Waals surface area (Å²) in [5.74, 6) is -1.01. The second-order valence-electron chi connectivity index (χ2n) is 4.76. The molecule has 2 N–H and O–H groups in total. The van der Waals surface area contributed by atoms with Gasteiger partial charge in [0.25, 0.3) is 0 Å². The van der Waals surface area contributed by atoms with Crippen molar-refractivity contribution in [1.29, 1.82) is 0 Å². The van der Waals surface area contributed by atoms with Crippen molar-refractivity contribution >= 4 is 12.0 Å². The van der Waals surface area contributed by atoms with Gasteiger partial charge in [0, 0.05) is 12.7 Å². The molecule has 0 aliphatic heterocycles. The smallest absolute Gasteiger partial charge is 0.326 e. The van der Waals surface area contributed by atoms with Crippen LogP contribution in [0.5, 0.6) is 0 Å². The third kappa shape index (κ3) is 4.87. The van der Waals surface area contributed by atoms with E-state index in [-0.39, 0.29) is 0 Å². The number of carboxylic acids is 1. The van der Waals surface area contributed by atoms with Crippen LogP contribution in [0.1, 0.15) is 31.2 Å². The van der Waals surface area contributed by atoms with E-state index in [1.165, 1.54) is 4.90 Å². The molecule has 6 heteroatoms. The van der Waals surface area contributed by atoms with Gasteiger partial charge in [0.2, 0.25) is 0 Å². The van der Waals surface area contributed by atoms with E-state index >= 15 is 0 Å². The average molecular weight is 279 g/mol. The van der Waals surface area contributed by atoms with Gasteiger partial charge < -0.3 is 15.3 Å². The van der Waals surface area contributed by atoms with Gasteiger partial charge in [-0.05, 0) is 25.5 Å². The number of carboxylic acid groups (broad SMARTS) is 1. The number of carbonyl (C=O) groups excluding carboxylic acids is 1. The summed E-state index contributed by atoms with van der Waals surface area (Å²) in [6, 6.07) is 4.33. The number of hydrogen-bond acceptors (Lipinski definition) is 3. The molecular weight excluding hydrogens is 258 g/mol. The normalized spacial score (nSPS) is 11.8. The van der Waals surface area contributed by atoms with Gasteiger partial charge in [0.15, 0.2) is 0 Å². The summed E-state index contributed by atoms with van der Waals surface area (Å²) < 4.78 is 0. The van der Waals surface area contributed by atoms with Crippen molar-refractivity contribution in [2.75, 3.05) is 7.05 Å². The summed E-state index contributed by atoms with van der Waals surface area (Å²) in [6.45, 7) is 4.10. The molecule has 20 heavy (non-hydrogen) atoms. The number of nitrogens with one attached hydrogen (secondary N) is 1. The van der Waals surface area contributed by atoms with E-state index in [0.29, 0.717) is 19.4 Å². The highest BCUT2D eigenvalue weighted by atomic mass is 16.4. The summed E-state index contributed by atoms with van der Waals surface area (Å²) >= 11 is 0. The van der Waals surface area contributed by atoms with Crippen molar-refractivity contribution in [1.82, 2.24) is 15.2 Å². The Labute approximate surface area is 118 Å². The van der Waals surface area contributed by atoms with Crippen LogP contribution in [0.25, 0.3) is 0 Å². The van der Waals surface area contributed by atoms with Crippen LogP contribution in [0.2, 0.25) is 0 Å². The number of aliphatic carboxylic acids is 1. The predicted molar refractivity (Wildman–Crippen MR) is 75.3 cm³/mol. The van der Waals surface area contributed by atoms with Gasteiger partial charge in [-0.3, -0.25) is 4.98 Å². The Morgan fingerprint density at radius 2 is 2.15 bits per heavy atom. The first-order valence-corrected chi connectivity index (χ1v) is 6.61. The van der Waals surface area contributed by atoms with Crippen LogP contribution in [0, 0.1) is 6.92 Å². The van der Waals surface area contributed by atoms with Gasteiger partial charge in [-0.1, -0.05) is 19.4 Å². The van der Waals surface area contributed by atoms with E-state index < -0.39 is 18.0 Å². The molecule has 6 nitrogen and oxygen atoms in total. The highest BCUT2D eigenvalue weighted by Crippen LogP contribution is 2.03. The van der Waals surface area contributed by atoms with E-state index in [9.17, 15) is 9.59 Å². The number of aryl methyl sites for hydroxylation is 1. The number of amides is 2. The van der Waals surface area contributed by atoms with E-state index in [4.69, 9.17) is 5.11 Å². The van der Waals surface area contributed by atoms with Crippen LogP contribution in [-0.4, -0.2) is 40.1 Å². The Kier molecular flexibility index (Phi) is 5.96. The van der Waals surface area contributed by atoms with Gasteiger partial charge in [0.1, 0.15) is 6.04 Å². The molecule has 1 heterocycles. The van der Waals surface area contributed by atoms with Crippen molar-refractivity contribution in [2.45, 2.75) is 39.3 Å². The molecule has 0 unspecified atom stereocenters. The second-order valence-corrected chi connectivity index (χ2v) is 4.76. The highest BCUT2D eigenvalue weighted by molar-refractivity contribution is 5.82. The Morgan fingerprint density at radius 1 is 1.45 bits per heavy atom. The van der Waals surface area contributed by atoms with Crippen LogP contribution in [0.15, 0.2) is 18.2 Å². The van der Waals surface area contributed by atoms with Gasteiger partial charge in [-0.2, -0.15) is 0 Å². The molecule has 0 spiro atoms. The van der Waals surface area contributed by atoms with Gasteiger partial charge in [-0.15, -0.1) is 0 Å². The summed E-state index contributed by atoms with van der Waals surface area (Å²) in [6.07, 6.45) is 1.11. The molecule has 0 saturated heterocycles. The number of pyridine rings is 1. The average Bonchev–Trinajstić information content (AvgIpc) is 2.37. The Hall–Kier alpha value is -2.11. The largest absolute Gasteiger partial charge is 0.480 e. The minimum Gasteiger partial charge on any atom is -0.480 e. The summed E-state index contributed by atoms with van der Waals surface area (Å²) in [4.78, 5) is 28.7. The predicted octanol–water partition coefficient (Wildman–Crippen LogP) is 1.78. The molecule has 0 aliphatic carbocycles. The maximum Gasteiger partial charge on any atom is 0.326 e. The monoisotopic (exact) mass is 279 g/mol. The standard InChI is InChI=1S/C14H21N3O3/c1-4-6-12(13(18)19)16-14(20)17(3)9-11-8-5-7-10(2)15-11/h5,7-8,12H,4,6,9H2,1-3H3,(H,16,20)(H,18,19)/t12-/m0/s1. The molecule has 1 aromatic rings. The second kappa shape index (κ2) is 7.47. The lowest BCUT2D eigenvalue weighted by molar-refractivity contribution is -0.139. The minimum atomic E-state index is -1.01. The first-order chi connectivity index (χ1) is 9.43. The number of nitrogens with zero attached hydrogens (tertiary/aromatic N) is 2. The lowest BCUT2D eigenvalue weighted by Crippen LogP contribution is -2.46. The Morgan fingerprint density at radius 3 is 2.70 bits per heavy atom. The van der Waals surface area contributed by atoms with Crippen molar-refractivity contribution < 1.29 is 14.7 Å². The molecule has 0 fully saturated rings. The van der Waals surface area contributed by atoms with Gasteiger partial charge in [-0.25, -0.2) is 9.59 Å². The van der Waals surface area contributed by atoms with Gasteiger partial charge in [0.05, 0.1) is 12.2 Å². The molecule has 0 bridgehead atoms. The fourth-order valence-corrected chi connectivity index (χ4v) is 1.81. The SMILES string of the molecule is CCC[C@H](NC(=O)N(C)Cc1cccc(C)n1)C(=O)O. The highest BCUT2D eigenvalue weighted by Gasteiger charge is 2.20. The zero-order chi connectivity index (χ0) is 15.1. The summed E-state index contributed by atoms with van der Waals surface area (Å²) in [7, 11) is 1.62. The van der Waals surface area contributed by atoms with Crippen LogP contribution in [0.3, 0.4) is 0 Å². The molecule has 1 aromatic heterocycles. The number of aromatic nitrogens is 1.